The molecule has 2 aromatic heterocycles. The van der Waals surface area contributed by atoms with Crippen molar-refractivity contribution in [2.24, 2.45) is 0 Å². The number of halogens is 4. The van der Waals surface area contributed by atoms with E-state index in [9.17, 15) is 4.39 Å². The van der Waals surface area contributed by atoms with E-state index in [0.717, 1.165) is 4.47 Å². The molecule has 2 heterocycles. The van der Waals surface area contributed by atoms with E-state index in [-0.39, 0.29) is 10.9 Å². The number of benzene rings is 1. The van der Waals surface area contributed by atoms with Crippen molar-refractivity contribution >= 4 is 50.3 Å². The molecule has 7 heteroatoms. The lowest BCUT2D eigenvalue weighted by atomic mass is 10.3. The number of imidazole rings is 1. The predicted molar refractivity (Wildman–Crippen MR) is 81.1 cm³/mol. The van der Waals surface area contributed by atoms with E-state index in [4.69, 9.17) is 23.2 Å². The van der Waals surface area contributed by atoms with Gasteiger partial charge in [-0.1, -0.05) is 11.6 Å². The van der Waals surface area contributed by atoms with Gasteiger partial charge in [-0.25, -0.2) is 14.4 Å². The number of alkyl halides is 1. The van der Waals surface area contributed by atoms with Crippen molar-refractivity contribution < 1.29 is 4.39 Å². The summed E-state index contributed by atoms with van der Waals surface area (Å²) in [6.07, 6.45) is 1.66. The Hall–Kier alpha value is -1.17. The second kappa shape index (κ2) is 5.31. The Labute approximate surface area is 132 Å². The fourth-order valence-corrected chi connectivity index (χ4v) is 2.59. The highest BCUT2D eigenvalue weighted by Gasteiger charge is 2.14. The maximum absolute atomic E-state index is 13.6. The number of nitrogens with zero attached hydrogens (tertiary/aromatic N) is 3. The minimum atomic E-state index is -0.497. The van der Waals surface area contributed by atoms with E-state index in [2.05, 4.69) is 25.9 Å². The van der Waals surface area contributed by atoms with Crippen molar-refractivity contribution in [2.45, 2.75) is 5.88 Å². The monoisotopic (exact) mass is 373 g/mol. The van der Waals surface area contributed by atoms with Gasteiger partial charge >= 0.3 is 0 Å². The third kappa shape index (κ3) is 2.30. The molecule has 102 valence electrons. The average molecular weight is 375 g/mol. The van der Waals surface area contributed by atoms with E-state index in [1.807, 2.05) is 6.07 Å². The molecule has 1 aromatic carbocycles. The number of pyridine rings is 1. The molecule has 0 unspecified atom stereocenters. The van der Waals surface area contributed by atoms with Crippen LogP contribution in [0, 0.1) is 5.82 Å². The molecule has 0 aliphatic carbocycles. The smallest absolute Gasteiger partial charge is 0.164 e. The van der Waals surface area contributed by atoms with Crippen molar-refractivity contribution in [1.29, 1.82) is 0 Å². The minimum Gasteiger partial charge on any atom is -0.280 e. The van der Waals surface area contributed by atoms with Crippen LogP contribution in [0.1, 0.15) is 5.82 Å². The molecule has 0 saturated carbocycles. The maximum Gasteiger partial charge on any atom is 0.164 e. The summed E-state index contributed by atoms with van der Waals surface area (Å²) in [5.74, 6) is 0.288. The Kier molecular flexibility index (Phi) is 3.67. The Morgan fingerprint density at radius 1 is 1.30 bits per heavy atom. The summed E-state index contributed by atoms with van der Waals surface area (Å²) < 4.78 is 16.2. The summed E-state index contributed by atoms with van der Waals surface area (Å²) >= 11 is 15.0. The fourth-order valence-electron chi connectivity index (χ4n) is 1.97. The lowest BCUT2D eigenvalue weighted by Gasteiger charge is -2.07. The van der Waals surface area contributed by atoms with Gasteiger partial charge in [-0.3, -0.25) is 4.57 Å². The highest BCUT2D eigenvalue weighted by Crippen LogP contribution is 2.25. The van der Waals surface area contributed by atoms with E-state index in [1.54, 1.807) is 16.8 Å². The van der Waals surface area contributed by atoms with E-state index < -0.39 is 5.82 Å². The molecule has 0 N–H and O–H groups in total. The lowest BCUT2D eigenvalue weighted by Crippen LogP contribution is -2.01. The summed E-state index contributed by atoms with van der Waals surface area (Å²) in [5, 5.41) is 0.0706. The van der Waals surface area contributed by atoms with Crippen LogP contribution in [0.2, 0.25) is 5.02 Å². The van der Waals surface area contributed by atoms with Gasteiger partial charge in [0.2, 0.25) is 0 Å². The Balaban J connectivity index is 2.30. The molecule has 0 bridgehead atoms. The molecule has 3 aromatic rings. The molecule has 0 fully saturated rings. The summed E-state index contributed by atoms with van der Waals surface area (Å²) in [4.78, 5) is 8.72. The van der Waals surface area contributed by atoms with Crippen molar-refractivity contribution in [3.05, 3.63) is 51.6 Å². The first kappa shape index (κ1) is 13.8. The van der Waals surface area contributed by atoms with Crippen molar-refractivity contribution in [1.82, 2.24) is 14.5 Å². The van der Waals surface area contributed by atoms with Gasteiger partial charge in [0.05, 0.1) is 16.6 Å². The highest BCUT2D eigenvalue weighted by molar-refractivity contribution is 9.10. The zero-order valence-corrected chi connectivity index (χ0v) is 13.0. The summed E-state index contributed by atoms with van der Waals surface area (Å²) in [5.41, 5.74) is 1.89. The van der Waals surface area contributed by atoms with Crippen LogP contribution >= 0.6 is 39.1 Å². The molecule has 0 amide bonds. The van der Waals surface area contributed by atoms with Gasteiger partial charge in [0.15, 0.2) is 5.65 Å². The van der Waals surface area contributed by atoms with Gasteiger partial charge in [0, 0.05) is 10.7 Å². The normalized spacial score (nSPS) is 11.2. The SMILES string of the molecule is Fc1cc(-n2c(CCl)nc3cc(Br)cnc32)ccc1Cl. The second-order valence-electron chi connectivity index (χ2n) is 4.09. The van der Waals surface area contributed by atoms with Crippen LogP contribution in [0.25, 0.3) is 16.9 Å². The standard InChI is InChI=1S/C13H7BrCl2FN3/c14-7-3-11-13(18-6-7)20(12(5-15)19-11)8-1-2-9(16)10(17)4-8/h1-4,6H,5H2. The third-order valence-corrected chi connectivity index (χ3v) is 3.79. The van der Waals surface area contributed by atoms with Gasteiger partial charge in [-0.2, -0.15) is 0 Å². The van der Waals surface area contributed by atoms with Crippen molar-refractivity contribution in [3.8, 4) is 5.69 Å². The topological polar surface area (TPSA) is 30.7 Å². The van der Waals surface area contributed by atoms with Gasteiger partial charge in [0.1, 0.15) is 17.2 Å². The first-order valence-electron chi connectivity index (χ1n) is 5.64. The number of fused-ring (bicyclic) bond motifs is 1. The lowest BCUT2D eigenvalue weighted by molar-refractivity contribution is 0.627. The largest absolute Gasteiger partial charge is 0.280 e. The molecule has 0 spiro atoms. The minimum absolute atomic E-state index is 0.0706. The Morgan fingerprint density at radius 2 is 2.10 bits per heavy atom. The van der Waals surface area contributed by atoms with E-state index in [1.165, 1.54) is 12.1 Å². The molecule has 3 nitrogen and oxygen atoms in total. The summed E-state index contributed by atoms with van der Waals surface area (Å²) in [6, 6.07) is 6.37. The highest BCUT2D eigenvalue weighted by atomic mass is 79.9. The van der Waals surface area contributed by atoms with Crippen LogP contribution in [0.5, 0.6) is 0 Å². The molecule has 3 rings (SSSR count). The van der Waals surface area contributed by atoms with Crippen LogP contribution in [-0.4, -0.2) is 14.5 Å². The quantitative estimate of drug-likeness (QED) is 0.608. The van der Waals surface area contributed by atoms with Crippen LogP contribution in [-0.2, 0) is 5.88 Å². The van der Waals surface area contributed by atoms with Crippen LogP contribution in [0.3, 0.4) is 0 Å². The average Bonchev–Trinajstić information content (AvgIpc) is 2.79. The van der Waals surface area contributed by atoms with E-state index in [0.29, 0.717) is 22.7 Å². The number of rotatable bonds is 2. The zero-order chi connectivity index (χ0) is 14.3. The molecule has 0 saturated heterocycles. The molecule has 0 atom stereocenters. The van der Waals surface area contributed by atoms with Crippen LogP contribution in [0.4, 0.5) is 4.39 Å². The second-order valence-corrected chi connectivity index (χ2v) is 5.68. The molecular weight excluding hydrogens is 368 g/mol. The molecular formula is C13H7BrCl2FN3. The number of aromatic nitrogens is 3. The maximum atomic E-state index is 13.6. The number of hydrogen-bond acceptors (Lipinski definition) is 2. The Morgan fingerprint density at radius 3 is 2.80 bits per heavy atom. The van der Waals surface area contributed by atoms with Crippen LogP contribution in [0.15, 0.2) is 34.9 Å². The first-order valence-corrected chi connectivity index (χ1v) is 7.35. The van der Waals surface area contributed by atoms with Gasteiger partial charge < -0.3 is 0 Å². The molecule has 0 aliphatic rings. The fraction of sp³-hybridized carbons (Fsp3) is 0.0769. The summed E-state index contributed by atoms with van der Waals surface area (Å²) in [6.45, 7) is 0. The van der Waals surface area contributed by atoms with Crippen molar-refractivity contribution in [2.75, 3.05) is 0 Å². The van der Waals surface area contributed by atoms with Gasteiger partial charge in [-0.15, -0.1) is 11.6 Å². The zero-order valence-electron chi connectivity index (χ0n) is 9.95. The molecule has 20 heavy (non-hydrogen) atoms. The Bertz CT molecular complexity index is 804. The van der Waals surface area contributed by atoms with Crippen molar-refractivity contribution in [3.63, 3.8) is 0 Å². The van der Waals surface area contributed by atoms with Crippen LogP contribution < -0.4 is 0 Å². The third-order valence-electron chi connectivity index (χ3n) is 2.81. The summed E-state index contributed by atoms with van der Waals surface area (Å²) in [7, 11) is 0. The molecule has 0 radical (unpaired) electrons. The van der Waals surface area contributed by atoms with Gasteiger partial charge in [0.25, 0.3) is 0 Å². The predicted octanol–water partition coefficient (Wildman–Crippen LogP) is 4.71. The number of hydrogen-bond donors (Lipinski definition) is 0. The van der Waals surface area contributed by atoms with Gasteiger partial charge in [-0.05, 0) is 40.2 Å². The first-order chi connectivity index (χ1) is 9.60. The van der Waals surface area contributed by atoms with E-state index >= 15 is 0 Å². The molecule has 0 aliphatic heterocycles.